The molecule has 1 heterocycles. The Morgan fingerprint density at radius 3 is 2.93 bits per heavy atom. The molecule has 1 amide bonds. The molecule has 0 saturated heterocycles. The molecular formula is C10H14INO2S. The first-order valence-electron chi connectivity index (χ1n) is 4.73. The fourth-order valence-corrected chi connectivity index (χ4v) is 2.32. The number of nitrogens with one attached hydrogen (secondary N) is 1. The number of halogens is 1. The first-order chi connectivity index (χ1) is 7.09. The second-order valence-corrected chi connectivity index (χ2v) is 6.12. The molecule has 1 aromatic heterocycles. The Morgan fingerprint density at radius 2 is 2.40 bits per heavy atom. The lowest BCUT2D eigenvalue weighted by Gasteiger charge is -2.07. The second-order valence-electron chi connectivity index (χ2n) is 3.31. The quantitative estimate of drug-likeness (QED) is 0.661. The summed E-state index contributed by atoms with van der Waals surface area (Å²) in [7, 11) is 0. The van der Waals surface area contributed by atoms with Crippen molar-refractivity contribution in [2.24, 2.45) is 0 Å². The van der Waals surface area contributed by atoms with Crippen LogP contribution >= 0.6 is 33.9 Å². The summed E-state index contributed by atoms with van der Waals surface area (Å²) in [6, 6.07) is 1.88. The zero-order valence-corrected chi connectivity index (χ0v) is 11.7. The van der Waals surface area contributed by atoms with Crippen LogP contribution in [0.4, 0.5) is 0 Å². The Kier molecular flexibility index (Phi) is 5.55. The highest BCUT2D eigenvalue weighted by molar-refractivity contribution is 14.1. The van der Waals surface area contributed by atoms with Gasteiger partial charge in [0, 0.05) is 11.9 Å². The van der Waals surface area contributed by atoms with Gasteiger partial charge in [0.2, 0.25) is 0 Å². The minimum Gasteiger partial charge on any atom is -0.377 e. The molecule has 0 spiro atoms. The molecule has 0 fully saturated rings. The van der Waals surface area contributed by atoms with Crippen molar-refractivity contribution < 1.29 is 9.53 Å². The van der Waals surface area contributed by atoms with E-state index in [0.29, 0.717) is 13.2 Å². The van der Waals surface area contributed by atoms with Gasteiger partial charge in [-0.1, -0.05) is 0 Å². The average Bonchev–Trinajstić information content (AvgIpc) is 2.59. The SMILES string of the molecule is CC(C)OCCNC(=O)c1csc(I)c1. The van der Waals surface area contributed by atoms with Crippen LogP contribution in [0.2, 0.25) is 0 Å². The zero-order valence-electron chi connectivity index (χ0n) is 8.75. The highest BCUT2D eigenvalue weighted by Crippen LogP contribution is 2.16. The van der Waals surface area contributed by atoms with Crippen molar-refractivity contribution in [1.29, 1.82) is 0 Å². The third-order valence-corrected chi connectivity index (χ3v) is 3.46. The van der Waals surface area contributed by atoms with E-state index in [1.54, 1.807) is 11.3 Å². The highest BCUT2D eigenvalue weighted by atomic mass is 127. The maximum absolute atomic E-state index is 11.5. The van der Waals surface area contributed by atoms with Gasteiger partial charge >= 0.3 is 0 Å². The van der Waals surface area contributed by atoms with Crippen molar-refractivity contribution in [1.82, 2.24) is 5.32 Å². The fourth-order valence-electron chi connectivity index (χ4n) is 0.990. The summed E-state index contributed by atoms with van der Waals surface area (Å²) in [6.07, 6.45) is 0.212. The third kappa shape index (κ3) is 4.94. The van der Waals surface area contributed by atoms with E-state index in [9.17, 15) is 4.79 Å². The van der Waals surface area contributed by atoms with E-state index >= 15 is 0 Å². The van der Waals surface area contributed by atoms with Gasteiger partial charge in [0.1, 0.15) is 0 Å². The van der Waals surface area contributed by atoms with Gasteiger partial charge in [-0.2, -0.15) is 0 Å². The zero-order chi connectivity index (χ0) is 11.3. The maximum atomic E-state index is 11.5. The number of ether oxygens (including phenoxy) is 1. The molecule has 0 aliphatic rings. The minimum atomic E-state index is -0.0264. The van der Waals surface area contributed by atoms with Crippen LogP contribution in [0, 0.1) is 2.88 Å². The molecule has 15 heavy (non-hydrogen) atoms. The van der Waals surface area contributed by atoms with E-state index in [-0.39, 0.29) is 12.0 Å². The number of rotatable bonds is 5. The van der Waals surface area contributed by atoms with E-state index in [0.717, 1.165) is 8.45 Å². The summed E-state index contributed by atoms with van der Waals surface area (Å²) in [5, 5.41) is 4.67. The predicted molar refractivity (Wildman–Crippen MR) is 70.5 cm³/mol. The van der Waals surface area contributed by atoms with Crippen LogP contribution < -0.4 is 5.32 Å². The molecule has 0 aliphatic heterocycles. The molecule has 1 aromatic rings. The van der Waals surface area contributed by atoms with Gasteiger partial charge < -0.3 is 10.1 Å². The fraction of sp³-hybridized carbons (Fsp3) is 0.500. The van der Waals surface area contributed by atoms with Crippen LogP contribution in [0.3, 0.4) is 0 Å². The van der Waals surface area contributed by atoms with Gasteiger partial charge in [-0.3, -0.25) is 4.79 Å². The van der Waals surface area contributed by atoms with Crippen molar-refractivity contribution in [2.75, 3.05) is 13.2 Å². The average molecular weight is 339 g/mol. The number of hydrogen-bond donors (Lipinski definition) is 1. The number of carbonyl (C=O) groups excluding carboxylic acids is 1. The standard InChI is InChI=1S/C10H14INO2S/c1-7(2)14-4-3-12-10(13)8-5-9(11)15-6-8/h5-7H,3-4H2,1-2H3,(H,12,13). The molecule has 1 N–H and O–H groups in total. The van der Waals surface area contributed by atoms with Gasteiger partial charge in [-0.25, -0.2) is 0 Å². The lowest BCUT2D eigenvalue weighted by Crippen LogP contribution is -2.27. The van der Waals surface area contributed by atoms with Gasteiger partial charge in [-0.05, 0) is 42.5 Å². The van der Waals surface area contributed by atoms with Gasteiger partial charge in [0.15, 0.2) is 0 Å². The summed E-state index contributed by atoms with van der Waals surface area (Å²) in [4.78, 5) is 11.5. The molecule has 3 nitrogen and oxygen atoms in total. The van der Waals surface area contributed by atoms with E-state index in [1.165, 1.54) is 0 Å². The molecule has 84 valence electrons. The highest BCUT2D eigenvalue weighted by Gasteiger charge is 2.06. The molecule has 0 atom stereocenters. The molecule has 0 aliphatic carbocycles. The molecule has 0 radical (unpaired) electrons. The lowest BCUT2D eigenvalue weighted by molar-refractivity contribution is 0.0747. The van der Waals surface area contributed by atoms with E-state index in [4.69, 9.17) is 4.74 Å². The number of carbonyl (C=O) groups is 1. The Labute approximate surface area is 107 Å². The van der Waals surface area contributed by atoms with Crippen LogP contribution in [0.5, 0.6) is 0 Å². The Hall–Kier alpha value is -0.140. The predicted octanol–water partition coefficient (Wildman–Crippen LogP) is 2.51. The van der Waals surface area contributed by atoms with Gasteiger partial charge in [-0.15, -0.1) is 11.3 Å². The van der Waals surface area contributed by atoms with Crippen LogP contribution in [-0.4, -0.2) is 25.2 Å². The Morgan fingerprint density at radius 1 is 1.67 bits per heavy atom. The second kappa shape index (κ2) is 6.44. The summed E-state index contributed by atoms with van der Waals surface area (Å²) in [5.41, 5.74) is 0.731. The Bertz CT molecular complexity index is 325. The molecule has 1 rings (SSSR count). The smallest absolute Gasteiger partial charge is 0.252 e. The minimum absolute atomic E-state index is 0.0264. The first kappa shape index (κ1) is 12.9. The van der Waals surface area contributed by atoms with E-state index < -0.39 is 0 Å². The van der Waals surface area contributed by atoms with E-state index in [1.807, 2.05) is 25.3 Å². The van der Waals surface area contributed by atoms with Crippen LogP contribution in [0.25, 0.3) is 0 Å². The summed E-state index contributed by atoms with van der Waals surface area (Å²) >= 11 is 3.77. The molecule has 0 unspecified atom stereocenters. The molecule has 5 heteroatoms. The Balaban J connectivity index is 2.25. The van der Waals surface area contributed by atoms with Gasteiger partial charge in [0.05, 0.1) is 21.2 Å². The number of thiophene rings is 1. The molecule has 0 saturated carbocycles. The first-order valence-corrected chi connectivity index (χ1v) is 6.69. The van der Waals surface area contributed by atoms with Gasteiger partial charge in [0.25, 0.3) is 5.91 Å². The largest absolute Gasteiger partial charge is 0.377 e. The van der Waals surface area contributed by atoms with Crippen molar-refractivity contribution in [3.63, 3.8) is 0 Å². The lowest BCUT2D eigenvalue weighted by atomic mass is 10.3. The third-order valence-electron chi connectivity index (χ3n) is 1.67. The number of amides is 1. The van der Waals surface area contributed by atoms with Crippen LogP contribution in [-0.2, 0) is 4.74 Å². The van der Waals surface area contributed by atoms with Crippen molar-refractivity contribution in [2.45, 2.75) is 20.0 Å². The van der Waals surface area contributed by atoms with Crippen LogP contribution in [0.1, 0.15) is 24.2 Å². The summed E-state index contributed by atoms with van der Waals surface area (Å²) in [5.74, 6) is -0.0264. The summed E-state index contributed by atoms with van der Waals surface area (Å²) in [6.45, 7) is 5.07. The topological polar surface area (TPSA) is 38.3 Å². The molecular weight excluding hydrogens is 325 g/mol. The number of hydrogen-bond acceptors (Lipinski definition) is 3. The van der Waals surface area contributed by atoms with Crippen molar-refractivity contribution >= 4 is 39.8 Å². The molecule has 0 aromatic carbocycles. The monoisotopic (exact) mass is 339 g/mol. The summed E-state index contributed by atoms with van der Waals surface area (Å²) < 4.78 is 6.44. The van der Waals surface area contributed by atoms with Crippen molar-refractivity contribution in [3.05, 3.63) is 19.9 Å². The van der Waals surface area contributed by atoms with Crippen molar-refractivity contribution in [3.8, 4) is 0 Å². The maximum Gasteiger partial charge on any atom is 0.252 e. The normalized spacial score (nSPS) is 10.7. The van der Waals surface area contributed by atoms with E-state index in [2.05, 4.69) is 27.9 Å². The van der Waals surface area contributed by atoms with Crippen LogP contribution in [0.15, 0.2) is 11.4 Å². The molecule has 0 bridgehead atoms.